The molecule has 3 aromatic rings. The van der Waals surface area contributed by atoms with Crippen molar-refractivity contribution in [2.24, 2.45) is 5.92 Å². The Bertz CT molecular complexity index is 1170. The van der Waals surface area contributed by atoms with Gasteiger partial charge in [0, 0.05) is 23.6 Å². The van der Waals surface area contributed by atoms with Crippen LogP contribution in [0.5, 0.6) is 11.6 Å². The maximum atomic E-state index is 14.4. The van der Waals surface area contributed by atoms with Gasteiger partial charge in [-0.2, -0.15) is 0 Å². The Balaban J connectivity index is 1.58. The van der Waals surface area contributed by atoms with Gasteiger partial charge in [0.1, 0.15) is 21.9 Å². The van der Waals surface area contributed by atoms with E-state index in [1.54, 1.807) is 32.9 Å². The van der Waals surface area contributed by atoms with E-state index in [1.807, 2.05) is 0 Å². The minimum atomic E-state index is -1.27. The number of pyridine rings is 1. The van der Waals surface area contributed by atoms with Crippen molar-refractivity contribution < 1.29 is 23.8 Å². The van der Waals surface area contributed by atoms with Crippen molar-refractivity contribution in [3.05, 3.63) is 36.1 Å². The van der Waals surface area contributed by atoms with Crippen molar-refractivity contribution in [3.8, 4) is 11.6 Å². The molecule has 0 radical (unpaired) electrons. The highest BCUT2D eigenvalue weighted by atomic mass is 32.1. The first-order chi connectivity index (χ1) is 14.6. The molecule has 1 aliphatic rings. The summed E-state index contributed by atoms with van der Waals surface area (Å²) in [7, 11) is 0. The third kappa shape index (κ3) is 4.58. The predicted molar refractivity (Wildman–Crippen MR) is 115 cm³/mol. The molecule has 10 heteroatoms. The van der Waals surface area contributed by atoms with Crippen molar-refractivity contribution in [2.75, 3.05) is 10.2 Å². The van der Waals surface area contributed by atoms with E-state index < -0.39 is 17.4 Å². The Morgan fingerprint density at radius 2 is 1.97 bits per heavy atom. The summed E-state index contributed by atoms with van der Waals surface area (Å²) in [6, 6.07) is 7.21. The Kier molecular flexibility index (Phi) is 5.26. The molecule has 2 heterocycles. The summed E-state index contributed by atoms with van der Waals surface area (Å²) in [4.78, 5) is 33.9. The van der Waals surface area contributed by atoms with Crippen LogP contribution in [0, 0.1) is 11.7 Å². The SMILES string of the molecule is CC(C)(C)N(C(=O)O)c1cc(Oc2ccc3nc(NC(=O)C4CC4)sc3n2)ccc1F. The van der Waals surface area contributed by atoms with Gasteiger partial charge in [0.15, 0.2) is 5.13 Å². The number of rotatable bonds is 5. The number of halogens is 1. The zero-order valence-corrected chi connectivity index (χ0v) is 18.0. The molecule has 2 N–H and O–H groups in total. The predicted octanol–water partition coefficient (Wildman–Crippen LogP) is 5.25. The van der Waals surface area contributed by atoms with Gasteiger partial charge >= 0.3 is 6.09 Å². The Labute approximate surface area is 181 Å². The highest BCUT2D eigenvalue weighted by Crippen LogP contribution is 2.34. The highest BCUT2D eigenvalue weighted by molar-refractivity contribution is 7.21. The average Bonchev–Trinajstić information content (AvgIpc) is 3.44. The molecule has 4 rings (SSSR count). The zero-order valence-electron chi connectivity index (χ0n) is 17.2. The molecule has 1 saturated carbocycles. The van der Waals surface area contributed by atoms with E-state index in [1.165, 1.54) is 23.5 Å². The summed E-state index contributed by atoms with van der Waals surface area (Å²) >= 11 is 1.23. The molecule has 0 atom stereocenters. The van der Waals surface area contributed by atoms with E-state index >= 15 is 0 Å². The van der Waals surface area contributed by atoms with Crippen molar-refractivity contribution in [1.29, 1.82) is 0 Å². The summed E-state index contributed by atoms with van der Waals surface area (Å²) in [6.45, 7) is 5.02. The van der Waals surface area contributed by atoms with E-state index in [-0.39, 0.29) is 29.1 Å². The van der Waals surface area contributed by atoms with Crippen molar-refractivity contribution in [3.63, 3.8) is 0 Å². The number of hydrogen-bond acceptors (Lipinski definition) is 6. The lowest BCUT2D eigenvalue weighted by Crippen LogP contribution is -2.45. The topological polar surface area (TPSA) is 105 Å². The standard InChI is InChI=1S/C21H21FN4O4S/c1-21(2,3)26(20(28)29)15-10-12(6-7-13(15)22)30-16-9-8-14-18(24-16)31-19(23-14)25-17(27)11-4-5-11/h6-11H,4-5H2,1-3H3,(H,28,29)(H,23,25,27). The molecule has 31 heavy (non-hydrogen) atoms. The number of nitrogens with zero attached hydrogens (tertiary/aromatic N) is 3. The Morgan fingerprint density at radius 3 is 2.61 bits per heavy atom. The van der Waals surface area contributed by atoms with Gasteiger partial charge in [0.05, 0.1) is 5.69 Å². The lowest BCUT2D eigenvalue weighted by molar-refractivity contribution is -0.117. The number of carbonyl (C=O) groups is 2. The summed E-state index contributed by atoms with van der Waals surface area (Å²) < 4.78 is 20.2. The molecule has 0 aliphatic heterocycles. The molecular weight excluding hydrogens is 423 g/mol. The van der Waals surface area contributed by atoms with Gasteiger partial charge < -0.3 is 15.2 Å². The van der Waals surface area contributed by atoms with Gasteiger partial charge in [-0.05, 0) is 51.8 Å². The lowest BCUT2D eigenvalue weighted by Gasteiger charge is -2.33. The van der Waals surface area contributed by atoms with Gasteiger partial charge in [-0.1, -0.05) is 11.3 Å². The summed E-state index contributed by atoms with van der Waals surface area (Å²) in [5.74, 6) is -0.148. The number of anilines is 2. The molecule has 0 bridgehead atoms. The van der Waals surface area contributed by atoms with E-state index in [0.29, 0.717) is 15.5 Å². The smallest absolute Gasteiger partial charge is 0.412 e. The fourth-order valence-electron chi connectivity index (χ4n) is 3.06. The maximum absolute atomic E-state index is 14.4. The van der Waals surface area contributed by atoms with Crippen LogP contribution in [0.1, 0.15) is 33.6 Å². The summed E-state index contributed by atoms with van der Waals surface area (Å²) in [5.41, 5.74) is -0.346. The number of nitrogens with one attached hydrogen (secondary N) is 1. The van der Waals surface area contributed by atoms with Crippen LogP contribution in [0.3, 0.4) is 0 Å². The Morgan fingerprint density at radius 1 is 1.23 bits per heavy atom. The molecule has 1 aliphatic carbocycles. The average molecular weight is 444 g/mol. The monoisotopic (exact) mass is 444 g/mol. The van der Waals surface area contributed by atoms with Crippen LogP contribution >= 0.6 is 11.3 Å². The first-order valence-corrected chi connectivity index (χ1v) is 10.5. The minimum absolute atomic E-state index is 0.0313. The molecule has 1 aromatic carbocycles. The van der Waals surface area contributed by atoms with Gasteiger partial charge in [-0.3, -0.25) is 9.69 Å². The fraction of sp³-hybridized carbons (Fsp3) is 0.333. The molecular formula is C21H21FN4O4S. The second-order valence-electron chi connectivity index (χ2n) is 8.26. The second-order valence-corrected chi connectivity index (χ2v) is 9.24. The van der Waals surface area contributed by atoms with E-state index in [4.69, 9.17) is 4.74 Å². The highest BCUT2D eigenvalue weighted by Gasteiger charge is 2.31. The number of thiazole rings is 1. The summed E-state index contributed by atoms with van der Waals surface area (Å²) in [6.07, 6.45) is 0.538. The maximum Gasteiger partial charge on any atom is 0.412 e. The van der Waals surface area contributed by atoms with Crippen LogP contribution in [0.25, 0.3) is 10.3 Å². The number of aromatic nitrogens is 2. The minimum Gasteiger partial charge on any atom is -0.465 e. The summed E-state index contributed by atoms with van der Waals surface area (Å²) in [5, 5.41) is 12.8. The number of carbonyl (C=O) groups excluding carboxylic acids is 1. The third-order valence-corrected chi connectivity index (χ3v) is 5.53. The quantitative estimate of drug-likeness (QED) is 0.557. The normalized spacial score (nSPS) is 13.8. The first kappa shape index (κ1) is 21.0. The van der Waals surface area contributed by atoms with Crippen molar-refractivity contribution >= 4 is 44.5 Å². The lowest BCUT2D eigenvalue weighted by atomic mass is 10.1. The van der Waals surface area contributed by atoms with Crippen LogP contribution in [-0.4, -0.2) is 32.6 Å². The molecule has 1 fully saturated rings. The van der Waals surface area contributed by atoms with Gasteiger partial charge in [0.25, 0.3) is 0 Å². The van der Waals surface area contributed by atoms with Crippen LogP contribution in [0.4, 0.5) is 20.0 Å². The number of ether oxygens (including phenoxy) is 1. The molecule has 0 unspecified atom stereocenters. The Hall–Kier alpha value is -3.27. The fourth-order valence-corrected chi connectivity index (χ4v) is 3.90. The molecule has 2 aromatic heterocycles. The van der Waals surface area contributed by atoms with Gasteiger partial charge in [-0.15, -0.1) is 0 Å². The van der Waals surface area contributed by atoms with Crippen molar-refractivity contribution in [2.45, 2.75) is 39.2 Å². The van der Waals surface area contributed by atoms with Crippen LogP contribution in [-0.2, 0) is 4.79 Å². The molecule has 162 valence electrons. The number of hydrogen-bond donors (Lipinski definition) is 2. The van der Waals surface area contributed by atoms with Crippen LogP contribution < -0.4 is 15.0 Å². The van der Waals surface area contributed by atoms with Crippen LogP contribution in [0.15, 0.2) is 30.3 Å². The van der Waals surface area contributed by atoms with Crippen molar-refractivity contribution in [1.82, 2.24) is 9.97 Å². The molecule has 0 spiro atoms. The molecule has 8 nitrogen and oxygen atoms in total. The number of benzene rings is 1. The van der Waals surface area contributed by atoms with Gasteiger partial charge in [-0.25, -0.2) is 19.2 Å². The van der Waals surface area contributed by atoms with Gasteiger partial charge in [0.2, 0.25) is 11.8 Å². The van der Waals surface area contributed by atoms with E-state index in [9.17, 15) is 19.1 Å². The first-order valence-electron chi connectivity index (χ1n) is 9.71. The number of fused-ring (bicyclic) bond motifs is 1. The number of amides is 2. The molecule has 0 saturated heterocycles. The molecule has 2 amide bonds. The van der Waals surface area contributed by atoms with E-state index in [0.717, 1.165) is 23.8 Å². The number of carboxylic acid groups (broad SMARTS) is 1. The zero-order chi connectivity index (χ0) is 22.3. The van der Waals surface area contributed by atoms with Crippen LogP contribution in [0.2, 0.25) is 0 Å². The third-order valence-electron chi connectivity index (χ3n) is 4.65. The van der Waals surface area contributed by atoms with E-state index in [2.05, 4.69) is 15.3 Å². The largest absolute Gasteiger partial charge is 0.465 e. The second kappa shape index (κ2) is 7.77.